The second-order valence-corrected chi connectivity index (χ2v) is 5.08. The van der Waals surface area contributed by atoms with Crippen molar-refractivity contribution in [3.63, 3.8) is 0 Å². The van der Waals surface area contributed by atoms with Gasteiger partial charge in [-0.05, 0) is 26.2 Å². The number of hydrogen-bond donors (Lipinski definition) is 0. The fourth-order valence-corrected chi connectivity index (χ4v) is 1.80. The molecule has 20 heavy (non-hydrogen) atoms. The van der Waals surface area contributed by atoms with E-state index in [0.29, 0.717) is 45.2 Å². The fourth-order valence-electron chi connectivity index (χ4n) is 1.80. The van der Waals surface area contributed by atoms with Crippen LogP contribution in [-0.2, 0) is 19.1 Å². The van der Waals surface area contributed by atoms with Gasteiger partial charge in [0.15, 0.2) is 0 Å². The quantitative estimate of drug-likeness (QED) is 0.432. The first-order valence-electron chi connectivity index (χ1n) is 7.52. The van der Waals surface area contributed by atoms with Crippen LogP contribution in [0.25, 0.3) is 0 Å². The van der Waals surface area contributed by atoms with E-state index in [1.807, 2.05) is 20.8 Å². The summed E-state index contributed by atoms with van der Waals surface area (Å²) < 4.78 is 10.2. The molecule has 0 aliphatic heterocycles. The highest BCUT2D eigenvalue weighted by atomic mass is 16.5. The van der Waals surface area contributed by atoms with Crippen molar-refractivity contribution in [3.8, 4) is 0 Å². The number of nitrogens with zero attached hydrogens (tertiary/aromatic N) is 1. The molecule has 5 nitrogen and oxygen atoms in total. The molecule has 0 saturated carbocycles. The maximum Gasteiger partial charge on any atom is 0.307 e. The number of esters is 1. The van der Waals surface area contributed by atoms with Crippen molar-refractivity contribution < 1.29 is 19.1 Å². The van der Waals surface area contributed by atoms with E-state index in [9.17, 15) is 9.59 Å². The van der Waals surface area contributed by atoms with E-state index >= 15 is 0 Å². The van der Waals surface area contributed by atoms with E-state index in [0.717, 1.165) is 6.42 Å². The van der Waals surface area contributed by atoms with Crippen molar-refractivity contribution in [2.24, 2.45) is 5.92 Å². The summed E-state index contributed by atoms with van der Waals surface area (Å²) in [6.45, 7) is 10.5. The number of hydrogen-bond acceptors (Lipinski definition) is 4. The minimum absolute atomic E-state index is 0.0980. The lowest BCUT2D eigenvalue weighted by atomic mass is 10.1. The molecule has 5 heteroatoms. The molecule has 0 rings (SSSR count). The zero-order valence-electron chi connectivity index (χ0n) is 13.3. The first-order chi connectivity index (χ1) is 9.51. The molecular weight excluding hydrogens is 258 g/mol. The number of carbonyl (C=O) groups excluding carboxylic acids is 2. The van der Waals surface area contributed by atoms with E-state index in [-0.39, 0.29) is 18.3 Å². The Bertz CT molecular complexity index is 279. The predicted octanol–water partition coefficient (Wildman–Crippen LogP) is 2.24. The first-order valence-corrected chi connectivity index (χ1v) is 7.52. The van der Waals surface area contributed by atoms with E-state index < -0.39 is 0 Å². The van der Waals surface area contributed by atoms with Gasteiger partial charge in [0.2, 0.25) is 5.91 Å². The molecular formula is C15H29NO4. The molecule has 1 amide bonds. The van der Waals surface area contributed by atoms with Gasteiger partial charge in [-0.25, -0.2) is 0 Å². The minimum Gasteiger partial charge on any atom is -0.466 e. The Morgan fingerprint density at radius 3 is 2.35 bits per heavy atom. The monoisotopic (exact) mass is 287 g/mol. The van der Waals surface area contributed by atoms with Crippen LogP contribution in [0.2, 0.25) is 0 Å². The SMILES string of the molecule is CCOCCCN(CCC(=O)OCC)C(=O)CC(C)C. The smallest absolute Gasteiger partial charge is 0.307 e. The zero-order valence-corrected chi connectivity index (χ0v) is 13.3. The Morgan fingerprint density at radius 2 is 1.80 bits per heavy atom. The number of amides is 1. The number of ether oxygens (including phenoxy) is 2. The lowest BCUT2D eigenvalue weighted by molar-refractivity contribution is -0.144. The highest BCUT2D eigenvalue weighted by molar-refractivity contribution is 5.77. The molecule has 0 aliphatic rings. The van der Waals surface area contributed by atoms with Crippen LogP contribution >= 0.6 is 0 Å². The second kappa shape index (κ2) is 11.7. The van der Waals surface area contributed by atoms with E-state index in [1.165, 1.54) is 0 Å². The molecule has 0 unspecified atom stereocenters. The molecule has 0 aromatic heterocycles. The minimum atomic E-state index is -0.250. The summed E-state index contributed by atoms with van der Waals surface area (Å²) >= 11 is 0. The third-order valence-corrected chi connectivity index (χ3v) is 2.75. The van der Waals surface area contributed by atoms with Crippen LogP contribution in [-0.4, -0.2) is 49.7 Å². The van der Waals surface area contributed by atoms with E-state index in [1.54, 1.807) is 11.8 Å². The van der Waals surface area contributed by atoms with Crippen LogP contribution in [0.4, 0.5) is 0 Å². The third kappa shape index (κ3) is 9.78. The topological polar surface area (TPSA) is 55.8 Å². The summed E-state index contributed by atoms with van der Waals surface area (Å²) in [5.74, 6) is 0.167. The molecule has 0 N–H and O–H groups in total. The molecule has 0 spiro atoms. The Balaban J connectivity index is 4.23. The van der Waals surface area contributed by atoms with Gasteiger partial charge in [-0.15, -0.1) is 0 Å². The molecule has 0 aromatic rings. The number of carbonyl (C=O) groups is 2. The third-order valence-electron chi connectivity index (χ3n) is 2.75. The summed E-state index contributed by atoms with van der Waals surface area (Å²) in [6, 6.07) is 0. The van der Waals surface area contributed by atoms with Gasteiger partial charge in [-0.1, -0.05) is 13.8 Å². The summed E-state index contributed by atoms with van der Waals surface area (Å²) in [7, 11) is 0. The Kier molecular flexibility index (Phi) is 11.1. The average molecular weight is 287 g/mol. The van der Waals surface area contributed by atoms with Gasteiger partial charge in [0.05, 0.1) is 13.0 Å². The molecule has 0 fully saturated rings. The van der Waals surface area contributed by atoms with E-state index in [4.69, 9.17) is 9.47 Å². The fraction of sp³-hybridized carbons (Fsp3) is 0.867. The van der Waals surface area contributed by atoms with Crippen LogP contribution in [0.1, 0.15) is 47.0 Å². The highest BCUT2D eigenvalue weighted by Crippen LogP contribution is 2.06. The molecule has 0 radical (unpaired) electrons. The van der Waals surface area contributed by atoms with Gasteiger partial charge < -0.3 is 14.4 Å². The molecule has 0 atom stereocenters. The van der Waals surface area contributed by atoms with Gasteiger partial charge in [0.1, 0.15) is 0 Å². The molecule has 0 aliphatic carbocycles. The Hall–Kier alpha value is -1.10. The zero-order chi connectivity index (χ0) is 15.4. The van der Waals surface area contributed by atoms with Crippen molar-refractivity contribution in [2.45, 2.75) is 47.0 Å². The summed E-state index contributed by atoms with van der Waals surface area (Å²) in [6.07, 6.45) is 1.56. The van der Waals surface area contributed by atoms with Crippen molar-refractivity contribution in [3.05, 3.63) is 0 Å². The summed E-state index contributed by atoms with van der Waals surface area (Å²) in [5.41, 5.74) is 0. The van der Waals surface area contributed by atoms with Gasteiger partial charge in [-0.3, -0.25) is 9.59 Å². The van der Waals surface area contributed by atoms with Crippen molar-refractivity contribution in [1.29, 1.82) is 0 Å². The van der Waals surface area contributed by atoms with Gasteiger partial charge in [0.25, 0.3) is 0 Å². The average Bonchev–Trinajstić information content (AvgIpc) is 2.37. The molecule has 0 aromatic carbocycles. The lowest BCUT2D eigenvalue weighted by Gasteiger charge is -2.23. The molecule has 0 bridgehead atoms. The van der Waals surface area contributed by atoms with Crippen molar-refractivity contribution in [2.75, 3.05) is 32.9 Å². The molecule has 0 heterocycles. The molecule has 0 saturated heterocycles. The van der Waals surface area contributed by atoms with Crippen LogP contribution < -0.4 is 0 Å². The standard InChI is InChI=1S/C15H29NO4/c1-5-19-11-7-9-16(14(17)12-13(3)4)10-8-15(18)20-6-2/h13H,5-12H2,1-4H3. The summed E-state index contributed by atoms with van der Waals surface area (Å²) in [4.78, 5) is 25.3. The lowest BCUT2D eigenvalue weighted by Crippen LogP contribution is -2.35. The van der Waals surface area contributed by atoms with Gasteiger partial charge in [0, 0.05) is 32.7 Å². The van der Waals surface area contributed by atoms with Crippen LogP contribution in [0, 0.1) is 5.92 Å². The normalized spacial score (nSPS) is 10.7. The molecule has 118 valence electrons. The summed E-state index contributed by atoms with van der Waals surface area (Å²) in [5, 5.41) is 0. The second-order valence-electron chi connectivity index (χ2n) is 5.08. The van der Waals surface area contributed by atoms with Gasteiger partial charge >= 0.3 is 5.97 Å². The highest BCUT2D eigenvalue weighted by Gasteiger charge is 2.16. The van der Waals surface area contributed by atoms with Crippen LogP contribution in [0.3, 0.4) is 0 Å². The van der Waals surface area contributed by atoms with Crippen LogP contribution in [0.5, 0.6) is 0 Å². The van der Waals surface area contributed by atoms with E-state index in [2.05, 4.69) is 0 Å². The van der Waals surface area contributed by atoms with Gasteiger partial charge in [-0.2, -0.15) is 0 Å². The Labute approximate surface area is 122 Å². The first kappa shape index (κ1) is 18.9. The maximum absolute atomic E-state index is 12.1. The van der Waals surface area contributed by atoms with Crippen LogP contribution in [0.15, 0.2) is 0 Å². The van der Waals surface area contributed by atoms with Crippen molar-refractivity contribution >= 4 is 11.9 Å². The Morgan fingerprint density at radius 1 is 1.10 bits per heavy atom. The largest absolute Gasteiger partial charge is 0.466 e. The maximum atomic E-state index is 12.1. The van der Waals surface area contributed by atoms with Crippen molar-refractivity contribution in [1.82, 2.24) is 4.90 Å². The number of rotatable bonds is 11. The predicted molar refractivity (Wildman–Crippen MR) is 78.4 cm³/mol.